The molecular formula is C24H22ClN5O2. The highest BCUT2D eigenvalue weighted by atomic mass is 35.5. The van der Waals surface area contributed by atoms with E-state index in [9.17, 15) is 9.59 Å². The average Bonchev–Trinajstić information content (AvgIpc) is 3.21. The van der Waals surface area contributed by atoms with E-state index < -0.39 is 0 Å². The summed E-state index contributed by atoms with van der Waals surface area (Å²) in [7, 11) is 1.66. The van der Waals surface area contributed by atoms with E-state index in [0.29, 0.717) is 28.7 Å². The minimum absolute atomic E-state index is 0.192. The van der Waals surface area contributed by atoms with E-state index in [0.717, 1.165) is 24.2 Å². The summed E-state index contributed by atoms with van der Waals surface area (Å²) in [4.78, 5) is 33.1. The smallest absolute Gasteiger partial charge is 0.312 e. The molecule has 0 atom stereocenters. The summed E-state index contributed by atoms with van der Waals surface area (Å²) in [5, 5.41) is 0.660. The van der Waals surface area contributed by atoms with Gasteiger partial charge in [-0.15, -0.1) is 0 Å². The molecule has 3 heterocycles. The zero-order valence-electron chi connectivity index (χ0n) is 17.6. The maximum Gasteiger partial charge on any atom is 0.332 e. The zero-order valence-corrected chi connectivity index (χ0v) is 18.4. The van der Waals surface area contributed by atoms with Crippen LogP contribution in [0.3, 0.4) is 0 Å². The van der Waals surface area contributed by atoms with Crippen molar-refractivity contribution in [2.45, 2.75) is 19.5 Å². The molecule has 0 amide bonds. The first kappa shape index (κ1) is 20.3. The Hall–Kier alpha value is -3.58. The van der Waals surface area contributed by atoms with E-state index in [4.69, 9.17) is 16.6 Å². The molecule has 8 heteroatoms. The Morgan fingerprint density at radius 1 is 1.03 bits per heavy atom. The van der Waals surface area contributed by atoms with Gasteiger partial charge < -0.3 is 9.47 Å². The second-order valence-electron chi connectivity index (χ2n) is 7.79. The molecule has 1 aliphatic rings. The number of hydrogen-bond donors (Lipinski definition) is 0. The molecule has 162 valence electrons. The van der Waals surface area contributed by atoms with E-state index in [1.54, 1.807) is 7.05 Å². The summed E-state index contributed by atoms with van der Waals surface area (Å²) in [6.07, 6.45) is 4.60. The van der Waals surface area contributed by atoms with E-state index >= 15 is 0 Å². The van der Waals surface area contributed by atoms with Crippen LogP contribution in [0.15, 0.2) is 70.3 Å². The number of nitrogens with zero attached hydrogens (tertiary/aromatic N) is 5. The van der Waals surface area contributed by atoms with Crippen LogP contribution in [-0.4, -0.2) is 25.2 Å². The third kappa shape index (κ3) is 3.44. The first-order chi connectivity index (χ1) is 15.5. The Kier molecular flexibility index (Phi) is 5.19. The Balaban J connectivity index is 1.60. The van der Waals surface area contributed by atoms with Crippen LogP contribution in [0.25, 0.3) is 17.2 Å². The highest BCUT2D eigenvalue weighted by molar-refractivity contribution is 6.30. The van der Waals surface area contributed by atoms with Crippen LogP contribution in [-0.2, 0) is 20.1 Å². The highest BCUT2D eigenvalue weighted by Gasteiger charge is 2.26. The molecule has 1 aliphatic heterocycles. The van der Waals surface area contributed by atoms with Crippen molar-refractivity contribution >= 4 is 40.5 Å². The molecule has 0 radical (unpaired) electrons. The number of aromatic nitrogens is 4. The van der Waals surface area contributed by atoms with Gasteiger partial charge in [-0.2, -0.15) is 4.98 Å². The quantitative estimate of drug-likeness (QED) is 0.477. The highest BCUT2D eigenvalue weighted by Crippen LogP contribution is 2.31. The van der Waals surface area contributed by atoms with E-state index in [2.05, 4.69) is 4.90 Å². The average molecular weight is 448 g/mol. The third-order valence-corrected chi connectivity index (χ3v) is 6.01. The molecule has 4 aromatic rings. The van der Waals surface area contributed by atoms with Gasteiger partial charge in [-0.25, -0.2) is 4.79 Å². The molecular weight excluding hydrogens is 426 g/mol. The monoisotopic (exact) mass is 447 g/mol. The van der Waals surface area contributed by atoms with Crippen LogP contribution < -0.4 is 16.1 Å². The Labute approximate surface area is 189 Å². The van der Waals surface area contributed by atoms with Crippen LogP contribution in [0.5, 0.6) is 0 Å². The van der Waals surface area contributed by atoms with Crippen molar-refractivity contribution in [2.24, 2.45) is 7.05 Å². The maximum absolute atomic E-state index is 13.4. The van der Waals surface area contributed by atoms with Crippen LogP contribution in [0.4, 0.5) is 11.6 Å². The summed E-state index contributed by atoms with van der Waals surface area (Å²) < 4.78 is 4.64. The zero-order chi connectivity index (χ0) is 22.2. The molecule has 0 N–H and O–H groups in total. The maximum atomic E-state index is 13.4. The van der Waals surface area contributed by atoms with E-state index in [1.165, 1.54) is 9.13 Å². The molecule has 0 aliphatic carbocycles. The molecule has 5 rings (SSSR count). The number of anilines is 2. The number of benzene rings is 2. The second-order valence-corrected chi connectivity index (χ2v) is 8.22. The second kappa shape index (κ2) is 8.16. The van der Waals surface area contributed by atoms with Crippen molar-refractivity contribution in [3.63, 3.8) is 0 Å². The van der Waals surface area contributed by atoms with Gasteiger partial charge in [-0.05, 0) is 36.2 Å². The minimum Gasteiger partial charge on any atom is -0.312 e. The standard InChI is InChI=1S/C24H22ClN5O2/c1-27-21-20(22(31)30(24(27)32)14-5-9-17-7-3-2-4-8-17)29-16-6-15-28(23(29)26-21)19-12-10-18(25)11-13-19/h2-5,7-13H,6,14-16H2,1H3/b9-5-. The first-order valence-corrected chi connectivity index (χ1v) is 10.9. The van der Waals surface area contributed by atoms with Crippen LogP contribution >= 0.6 is 11.6 Å². The molecule has 0 fully saturated rings. The molecule has 0 unspecified atom stereocenters. The largest absolute Gasteiger partial charge is 0.332 e. The molecule has 0 bridgehead atoms. The Morgan fingerprint density at radius 2 is 1.78 bits per heavy atom. The summed E-state index contributed by atoms with van der Waals surface area (Å²) >= 11 is 6.05. The molecule has 0 saturated heterocycles. The molecule has 0 spiro atoms. The number of imidazole rings is 1. The lowest BCUT2D eigenvalue weighted by Crippen LogP contribution is -2.39. The van der Waals surface area contributed by atoms with Gasteiger partial charge in [0, 0.05) is 37.4 Å². The van der Waals surface area contributed by atoms with Gasteiger partial charge in [0.05, 0.1) is 0 Å². The summed E-state index contributed by atoms with van der Waals surface area (Å²) in [6, 6.07) is 17.3. The summed E-state index contributed by atoms with van der Waals surface area (Å²) in [5.74, 6) is 0.665. The lowest BCUT2D eigenvalue weighted by molar-refractivity contribution is 0.598. The van der Waals surface area contributed by atoms with Crippen molar-refractivity contribution in [1.29, 1.82) is 0 Å². The SMILES string of the molecule is Cn1c(=O)n(C/C=C\c2ccccc2)c(=O)c2c1nc1n2CCCN1c1ccc(Cl)cc1. The van der Waals surface area contributed by atoms with Gasteiger partial charge in [-0.3, -0.25) is 13.9 Å². The predicted octanol–water partition coefficient (Wildman–Crippen LogP) is 3.81. The fraction of sp³-hybridized carbons (Fsp3) is 0.208. The number of hydrogen-bond acceptors (Lipinski definition) is 4. The molecule has 32 heavy (non-hydrogen) atoms. The molecule has 2 aromatic heterocycles. The van der Waals surface area contributed by atoms with Gasteiger partial charge >= 0.3 is 5.69 Å². The van der Waals surface area contributed by atoms with Crippen LogP contribution in [0.2, 0.25) is 5.02 Å². The normalized spacial score (nSPS) is 13.8. The van der Waals surface area contributed by atoms with Crippen molar-refractivity contribution in [1.82, 2.24) is 18.7 Å². The van der Waals surface area contributed by atoms with E-state index in [-0.39, 0.29) is 17.8 Å². The number of aryl methyl sites for hydroxylation is 2. The lowest BCUT2D eigenvalue weighted by Gasteiger charge is -2.29. The van der Waals surface area contributed by atoms with Gasteiger partial charge in [0.1, 0.15) is 0 Å². The third-order valence-electron chi connectivity index (χ3n) is 5.75. The number of halogens is 1. The fourth-order valence-corrected chi connectivity index (χ4v) is 4.28. The molecule has 0 saturated carbocycles. The van der Waals surface area contributed by atoms with Crippen LogP contribution in [0, 0.1) is 0 Å². The van der Waals surface area contributed by atoms with Crippen molar-refractivity contribution in [2.75, 3.05) is 11.4 Å². The lowest BCUT2D eigenvalue weighted by atomic mass is 10.2. The molecule has 2 aromatic carbocycles. The molecule has 7 nitrogen and oxygen atoms in total. The van der Waals surface area contributed by atoms with Gasteiger partial charge in [0.25, 0.3) is 5.56 Å². The topological polar surface area (TPSA) is 65.1 Å². The van der Waals surface area contributed by atoms with Gasteiger partial charge in [0.2, 0.25) is 5.95 Å². The van der Waals surface area contributed by atoms with Crippen molar-refractivity contribution < 1.29 is 0 Å². The Bertz CT molecular complexity index is 1430. The fourth-order valence-electron chi connectivity index (χ4n) is 4.15. The predicted molar refractivity (Wildman–Crippen MR) is 128 cm³/mol. The van der Waals surface area contributed by atoms with Crippen molar-refractivity contribution in [3.05, 3.63) is 92.1 Å². The summed E-state index contributed by atoms with van der Waals surface area (Å²) in [6.45, 7) is 1.63. The first-order valence-electron chi connectivity index (χ1n) is 10.5. The Morgan fingerprint density at radius 3 is 2.53 bits per heavy atom. The van der Waals surface area contributed by atoms with Gasteiger partial charge in [0.15, 0.2) is 11.2 Å². The van der Waals surface area contributed by atoms with Gasteiger partial charge in [-0.1, -0.05) is 54.1 Å². The van der Waals surface area contributed by atoms with E-state index in [1.807, 2.05) is 71.3 Å². The number of allylic oxidation sites excluding steroid dienone is 1. The minimum atomic E-state index is -0.381. The van der Waals surface area contributed by atoms with Crippen LogP contribution in [0.1, 0.15) is 12.0 Å². The number of fused-ring (bicyclic) bond motifs is 3. The summed E-state index contributed by atoms with van der Waals surface area (Å²) in [5.41, 5.74) is 2.11. The number of rotatable bonds is 4. The van der Waals surface area contributed by atoms with Crippen molar-refractivity contribution in [3.8, 4) is 0 Å².